The van der Waals surface area contributed by atoms with Crippen molar-refractivity contribution in [2.75, 3.05) is 5.73 Å². The molecule has 100 valence electrons. The largest absolute Gasteiger partial charge is 0.398 e. The fourth-order valence-corrected chi connectivity index (χ4v) is 2.81. The van der Waals surface area contributed by atoms with Crippen molar-refractivity contribution in [2.45, 2.75) is 10.6 Å². The Morgan fingerprint density at radius 2 is 1.84 bits per heavy atom. The molecule has 0 spiro atoms. The zero-order chi connectivity index (χ0) is 14.0. The first-order valence-corrected chi connectivity index (χ1v) is 6.67. The first-order chi connectivity index (χ1) is 8.99. The second kappa shape index (κ2) is 5.44. The summed E-state index contributed by atoms with van der Waals surface area (Å²) >= 11 is 0. The molecule has 19 heavy (non-hydrogen) atoms. The second-order valence-corrected chi connectivity index (χ2v) is 5.30. The highest BCUT2D eigenvalue weighted by molar-refractivity contribution is 7.84. The molecule has 0 heterocycles. The van der Waals surface area contributed by atoms with Gasteiger partial charge in [-0.25, -0.2) is 13.2 Å². The lowest BCUT2D eigenvalue weighted by molar-refractivity contribution is 0.502. The van der Waals surface area contributed by atoms with Crippen molar-refractivity contribution < 1.29 is 17.4 Å². The van der Waals surface area contributed by atoms with Crippen molar-refractivity contribution in [3.63, 3.8) is 0 Å². The van der Waals surface area contributed by atoms with Crippen LogP contribution in [0.15, 0.2) is 41.3 Å². The molecule has 0 fully saturated rings. The van der Waals surface area contributed by atoms with E-state index in [4.69, 9.17) is 5.73 Å². The molecule has 0 aliphatic heterocycles. The van der Waals surface area contributed by atoms with Gasteiger partial charge in [-0.05, 0) is 24.3 Å². The zero-order valence-electron chi connectivity index (χ0n) is 9.70. The number of hydrogen-bond acceptors (Lipinski definition) is 2. The minimum absolute atomic E-state index is 0.0120. The maximum Gasteiger partial charge on any atom is 0.162 e. The third kappa shape index (κ3) is 2.96. The van der Waals surface area contributed by atoms with Gasteiger partial charge in [0, 0.05) is 5.56 Å². The van der Waals surface area contributed by atoms with Crippen LogP contribution in [0.3, 0.4) is 0 Å². The number of benzene rings is 2. The van der Waals surface area contributed by atoms with E-state index in [0.29, 0.717) is 0 Å². The van der Waals surface area contributed by atoms with Crippen LogP contribution in [-0.2, 0) is 16.6 Å². The summed E-state index contributed by atoms with van der Waals surface area (Å²) in [6, 6.07) is 7.08. The van der Waals surface area contributed by atoms with E-state index in [1.807, 2.05) is 0 Å². The standard InChI is InChI=1S/C13H10F3NOS/c14-9-4-5-12(11(17)6-9)19(18)7-8-2-1-3-10(15)13(8)16/h1-6H,7,17H2. The summed E-state index contributed by atoms with van der Waals surface area (Å²) in [4.78, 5) is 0.199. The van der Waals surface area contributed by atoms with Gasteiger partial charge in [0.1, 0.15) is 5.82 Å². The van der Waals surface area contributed by atoms with E-state index in [0.717, 1.165) is 18.2 Å². The SMILES string of the molecule is Nc1cc(F)ccc1S(=O)Cc1cccc(F)c1F. The Bertz CT molecular complexity index is 646. The van der Waals surface area contributed by atoms with Crippen LogP contribution in [0.5, 0.6) is 0 Å². The first-order valence-electron chi connectivity index (χ1n) is 5.35. The molecule has 6 heteroatoms. The molecule has 2 aromatic rings. The third-order valence-electron chi connectivity index (χ3n) is 2.54. The predicted molar refractivity (Wildman–Crippen MR) is 67.3 cm³/mol. The van der Waals surface area contributed by atoms with Crippen molar-refractivity contribution in [3.8, 4) is 0 Å². The van der Waals surface area contributed by atoms with Crippen LogP contribution in [0.4, 0.5) is 18.9 Å². The molecule has 0 saturated heterocycles. The van der Waals surface area contributed by atoms with Crippen LogP contribution in [0.2, 0.25) is 0 Å². The van der Waals surface area contributed by atoms with Gasteiger partial charge in [-0.1, -0.05) is 12.1 Å². The number of nitrogens with two attached hydrogens (primary N) is 1. The van der Waals surface area contributed by atoms with Crippen LogP contribution >= 0.6 is 0 Å². The number of anilines is 1. The molecule has 0 saturated carbocycles. The van der Waals surface area contributed by atoms with Crippen LogP contribution in [0.25, 0.3) is 0 Å². The maximum absolute atomic E-state index is 13.4. The molecule has 0 aromatic heterocycles. The van der Waals surface area contributed by atoms with Crippen molar-refractivity contribution in [1.82, 2.24) is 0 Å². The molecule has 0 bridgehead atoms. The van der Waals surface area contributed by atoms with Gasteiger partial charge in [-0.2, -0.15) is 0 Å². The average Bonchev–Trinajstić information content (AvgIpc) is 2.34. The maximum atomic E-state index is 13.4. The molecule has 0 aliphatic rings. The lowest BCUT2D eigenvalue weighted by Crippen LogP contribution is -2.03. The summed E-state index contributed by atoms with van der Waals surface area (Å²) in [7, 11) is -1.67. The van der Waals surface area contributed by atoms with Crippen molar-refractivity contribution in [2.24, 2.45) is 0 Å². The molecule has 0 radical (unpaired) electrons. The van der Waals surface area contributed by atoms with Crippen molar-refractivity contribution in [3.05, 3.63) is 59.4 Å². The van der Waals surface area contributed by atoms with Gasteiger partial charge >= 0.3 is 0 Å². The van der Waals surface area contributed by atoms with E-state index in [1.165, 1.54) is 18.2 Å². The summed E-state index contributed by atoms with van der Waals surface area (Å²) in [5.41, 5.74) is 5.55. The van der Waals surface area contributed by atoms with E-state index < -0.39 is 28.3 Å². The number of rotatable bonds is 3. The molecule has 0 amide bonds. The van der Waals surface area contributed by atoms with Gasteiger partial charge in [-0.15, -0.1) is 0 Å². The van der Waals surface area contributed by atoms with Crippen molar-refractivity contribution in [1.29, 1.82) is 0 Å². The molecule has 1 unspecified atom stereocenters. The minimum Gasteiger partial charge on any atom is -0.398 e. The number of halogens is 3. The highest BCUT2D eigenvalue weighted by Crippen LogP contribution is 2.22. The van der Waals surface area contributed by atoms with Gasteiger partial charge in [0.15, 0.2) is 11.6 Å². The van der Waals surface area contributed by atoms with Gasteiger partial charge in [0.05, 0.1) is 27.1 Å². The van der Waals surface area contributed by atoms with Gasteiger partial charge in [0.25, 0.3) is 0 Å². The van der Waals surface area contributed by atoms with Crippen LogP contribution in [-0.4, -0.2) is 4.21 Å². The molecule has 2 rings (SSSR count). The smallest absolute Gasteiger partial charge is 0.162 e. The van der Waals surface area contributed by atoms with Crippen molar-refractivity contribution >= 4 is 16.5 Å². The van der Waals surface area contributed by atoms with E-state index in [-0.39, 0.29) is 21.9 Å². The van der Waals surface area contributed by atoms with E-state index in [2.05, 4.69) is 0 Å². The summed E-state index contributed by atoms with van der Waals surface area (Å²) in [6.07, 6.45) is 0. The molecular weight excluding hydrogens is 275 g/mol. The Morgan fingerprint density at radius 3 is 2.53 bits per heavy atom. The summed E-state index contributed by atoms with van der Waals surface area (Å²) < 4.78 is 51.4. The van der Waals surface area contributed by atoms with Crippen LogP contribution in [0.1, 0.15) is 5.56 Å². The third-order valence-corrected chi connectivity index (χ3v) is 3.97. The second-order valence-electron chi connectivity index (χ2n) is 3.88. The van der Waals surface area contributed by atoms with Crippen LogP contribution in [0, 0.1) is 17.5 Å². The Kier molecular flexibility index (Phi) is 3.90. The molecule has 2 nitrogen and oxygen atoms in total. The highest BCUT2D eigenvalue weighted by atomic mass is 32.2. The monoisotopic (exact) mass is 285 g/mol. The molecule has 2 N–H and O–H groups in total. The molecule has 1 atom stereocenters. The van der Waals surface area contributed by atoms with Gasteiger partial charge in [-0.3, -0.25) is 4.21 Å². The minimum atomic E-state index is -1.67. The average molecular weight is 285 g/mol. The number of hydrogen-bond donors (Lipinski definition) is 1. The quantitative estimate of drug-likeness (QED) is 0.881. The fourth-order valence-electron chi connectivity index (χ4n) is 1.61. The summed E-state index contributed by atoms with van der Waals surface area (Å²) in [5, 5.41) is 0. The zero-order valence-corrected chi connectivity index (χ0v) is 10.5. The Morgan fingerprint density at radius 1 is 1.11 bits per heavy atom. The predicted octanol–water partition coefficient (Wildman–Crippen LogP) is 2.99. The topological polar surface area (TPSA) is 43.1 Å². The van der Waals surface area contributed by atoms with E-state index >= 15 is 0 Å². The van der Waals surface area contributed by atoms with E-state index in [1.54, 1.807) is 0 Å². The molecule has 0 aliphatic carbocycles. The van der Waals surface area contributed by atoms with E-state index in [9.17, 15) is 17.4 Å². The Labute approximate surface area is 110 Å². The molecule has 2 aromatic carbocycles. The van der Waals surface area contributed by atoms with Crippen LogP contribution < -0.4 is 5.73 Å². The lowest BCUT2D eigenvalue weighted by Gasteiger charge is -2.07. The Hall–Kier alpha value is -1.82. The Balaban J connectivity index is 2.28. The first kappa shape index (κ1) is 13.6. The summed E-state index contributed by atoms with van der Waals surface area (Å²) in [6.45, 7) is 0. The fraction of sp³-hybridized carbons (Fsp3) is 0.0769. The molecular formula is C13H10F3NOS. The van der Waals surface area contributed by atoms with Gasteiger partial charge in [0.2, 0.25) is 0 Å². The highest BCUT2D eigenvalue weighted by Gasteiger charge is 2.14. The summed E-state index contributed by atoms with van der Waals surface area (Å²) in [5.74, 6) is -2.80. The van der Waals surface area contributed by atoms with Gasteiger partial charge < -0.3 is 5.73 Å². The normalized spacial score (nSPS) is 12.4. The number of nitrogen functional groups attached to an aromatic ring is 1. The lowest BCUT2D eigenvalue weighted by atomic mass is 10.2.